The van der Waals surface area contributed by atoms with E-state index >= 15 is 0 Å². The average molecular weight is 219 g/mol. The number of piperidine rings is 3. The number of rotatable bonds is 0. The van der Waals surface area contributed by atoms with Crippen molar-refractivity contribution in [1.29, 1.82) is 0 Å². The molecule has 0 unspecified atom stereocenters. The van der Waals surface area contributed by atoms with Gasteiger partial charge < -0.3 is 0 Å². The Morgan fingerprint density at radius 2 is 1.86 bits per heavy atom. The summed E-state index contributed by atoms with van der Waals surface area (Å²) in [4.78, 5) is 13.4. The Bertz CT molecular complexity index is 382. The normalized spacial score (nSPS) is 42.4. The second-order valence-electron chi connectivity index (χ2n) is 3.78. The van der Waals surface area contributed by atoms with E-state index in [-0.39, 0.29) is 11.7 Å². The van der Waals surface area contributed by atoms with E-state index in [9.17, 15) is 13.2 Å². The van der Waals surface area contributed by atoms with Gasteiger partial charge in [-0.2, -0.15) is 16.8 Å². The third kappa shape index (κ3) is 0.902. The summed E-state index contributed by atoms with van der Waals surface area (Å²) in [6.45, 7) is 1.32. The lowest BCUT2D eigenvalue weighted by Crippen LogP contribution is -2.73. The van der Waals surface area contributed by atoms with Crippen molar-refractivity contribution < 1.29 is 21.6 Å². The van der Waals surface area contributed by atoms with Crippen molar-refractivity contribution in [3.05, 3.63) is 0 Å². The molecule has 0 N–H and O–H groups in total. The van der Waals surface area contributed by atoms with Gasteiger partial charge in [-0.25, -0.2) is 4.90 Å². The zero-order valence-electron chi connectivity index (χ0n) is 7.30. The molecule has 4 rings (SSSR count). The Kier molecular flexibility index (Phi) is 1.48. The lowest BCUT2D eigenvalue weighted by atomic mass is 9.84. The molecule has 14 heavy (non-hydrogen) atoms. The standard InChI is InChI=1S/C7H9NO5S/c9-6-5-1-3-8(4-2-5)7(6)12-14(10,11)13-7/h5H,1-4H2. The molecule has 4 fully saturated rings. The van der Waals surface area contributed by atoms with Crippen LogP contribution in [-0.2, 0) is 23.6 Å². The molecule has 0 radical (unpaired) electrons. The molecule has 2 bridgehead atoms. The summed E-state index contributed by atoms with van der Waals surface area (Å²) in [6, 6.07) is 0. The summed E-state index contributed by atoms with van der Waals surface area (Å²) in [5.74, 6) is -1.93. The van der Waals surface area contributed by atoms with Crippen LogP contribution in [0, 0.1) is 5.92 Å². The van der Waals surface area contributed by atoms with E-state index in [1.165, 1.54) is 0 Å². The highest BCUT2D eigenvalue weighted by molar-refractivity contribution is 7.83. The summed E-state index contributed by atoms with van der Waals surface area (Å²) >= 11 is 0. The molecular formula is C7H9NO5S. The molecule has 1 spiro atoms. The van der Waals surface area contributed by atoms with Crippen molar-refractivity contribution in [2.45, 2.75) is 18.8 Å². The van der Waals surface area contributed by atoms with Crippen LogP contribution in [0.15, 0.2) is 0 Å². The number of carbonyl (C=O) groups is 1. The first kappa shape index (κ1) is 8.78. The minimum Gasteiger partial charge on any atom is -0.292 e. The monoisotopic (exact) mass is 219 g/mol. The van der Waals surface area contributed by atoms with Crippen molar-refractivity contribution >= 4 is 16.2 Å². The van der Waals surface area contributed by atoms with Gasteiger partial charge in [-0.05, 0) is 12.8 Å². The molecule has 0 saturated carbocycles. The van der Waals surface area contributed by atoms with Crippen molar-refractivity contribution in [2.75, 3.05) is 13.1 Å². The summed E-state index contributed by atoms with van der Waals surface area (Å²) in [6.07, 6.45) is 1.54. The fourth-order valence-corrected chi connectivity index (χ4v) is 3.26. The molecule has 78 valence electrons. The van der Waals surface area contributed by atoms with E-state index in [1.54, 1.807) is 4.90 Å². The van der Waals surface area contributed by atoms with Crippen LogP contribution < -0.4 is 0 Å². The van der Waals surface area contributed by atoms with Crippen LogP contribution in [0.4, 0.5) is 0 Å². The van der Waals surface area contributed by atoms with Gasteiger partial charge in [0.1, 0.15) is 0 Å². The maximum atomic E-state index is 11.7. The fraction of sp³-hybridized carbons (Fsp3) is 0.857. The predicted molar refractivity (Wildman–Crippen MR) is 43.1 cm³/mol. The molecule has 0 aromatic heterocycles. The molecule has 0 aromatic rings. The summed E-state index contributed by atoms with van der Waals surface area (Å²) < 4.78 is 30.8. The Morgan fingerprint density at radius 3 is 2.29 bits per heavy atom. The van der Waals surface area contributed by atoms with E-state index in [4.69, 9.17) is 0 Å². The SMILES string of the molecule is O=C1C2CCN(CC2)C12OS(=O)(=O)O2. The van der Waals surface area contributed by atoms with Gasteiger partial charge in [-0.3, -0.25) is 4.79 Å². The maximum absolute atomic E-state index is 11.7. The second-order valence-corrected chi connectivity index (χ2v) is 4.93. The van der Waals surface area contributed by atoms with Gasteiger partial charge in [0.25, 0.3) is 0 Å². The molecule has 4 aliphatic rings. The van der Waals surface area contributed by atoms with E-state index in [2.05, 4.69) is 8.37 Å². The Balaban J connectivity index is 1.97. The second kappa shape index (κ2) is 2.35. The summed E-state index contributed by atoms with van der Waals surface area (Å²) in [7, 11) is -3.91. The van der Waals surface area contributed by atoms with Crippen molar-refractivity contribution in [3.63, 3.8) is 0 Å². The van der Waals surface area contributed by atoms with Gasteiger partial charge >= 0.3 is 16.3 Å². The quantitative estimate of drug-likeness (QED) is 0.532. The predicted octanol–water partition coefficient (Wildman–Crippen LogP) is -0.773. The number of nitrogens with zero attached hydrogens (tertiary/aromatic N) is 1. The molecule has 0 atom stereocenters. The maximum Gasteiger partial charge on any atom is 0.408 e. The third-order valence-electron chi connectivity index (χ3n) is 3.02. The van der Waals surface area contributed by atoms with Gasteiger partial charge in [0, 0.05) is 19.0 Å². The lowest BCUT2D eigenvalue weighted by molar-refractivity contribution is -0.285. The Hall–Kier alpha value is -0.500. The van der Waals surface area contributed by atoms with Crippen LogP contribution in [0.5, 0.6) is 0 Å². The minimum absolute atomic E-state index is 0.101. The molecule has 0 aromatic carbocycles. The van der Waals surface area contributed by atoms with Crippen molar-refractivity contribution in [1.82, 2.24) is 4.90 Å². The number of ketones is 1. The van der Waals surface area contributed by atoms with Crippen LogP contribution in [-0.4, -0.2) is 38.1 Å². The molecular weight excluding hydrogens is 210 g/mol. The first-order chi connectivity index (χ1) is 6.54. The highest BCUT2D eigenvalue weighted by Gasteiger charge is 2.67. The third-order valence-corrected chi connectivity index (χ3v) is 3.88. The van der Waals surface area contributed by atoms with E-state index < -0.39 is 16.3 Å². The van der Waals surface area contributed by atoms with Crippen LogP contribution in [0.3, 0.4) is 0 Å². The average Bonchev–Trinajstić information content (AvgIpc) is 2.10. The molecule has 0 amide bonds. The van der Waals surface area contributed by atoms with Gasteiger partial charge in [-0.15, -0.1) is 0 Å². The Morgan fingerprint density at radius 1 is 1.29 bits per heavy atom. The molecule has 7 heteroatoms. The number of Topliss-reactive ketones (excluding diaryl/α,β-unsaturated/α-hetero) is 1. The van der Waals surface area contributed by atoms with Gasteiger partial charge in [-0.1, -0.05) is 0 Å². The van der Waals surface area contributed by atoms with Crippen molar-refractivity contribution in [2.24, 2.45) is 5.92 Å². The van der Waals surface area contributed by atoms with Gasteiger partial charge in [0.05, 0.1) is 0 Å². The molecule has 0 aliphatic carbocycles. The minimum atomic E-state index is -3.91. The highest BCUT2D eigenvalue weighted by Crippen LogP contribution is 2.45. The fourth-order valence-electron chi connectivity index (χ4n) is 2.32. The lowest BCUT2D eigenvalue weighted by Gasteiger charge is -2.53. The smallest absolute Gasteiger partial charge is 0.292 e. The zero-order valence-corrected chi connectivity index (χ0v) is 8.12. The topological polar surface area (TPSA) is 72.9 Å². The van der Waals surface area contributed by atoms with Crippen LogP contribution >= 0.6 is 0 Å². The summed E-state index contributed by atoms with van der Waals surface area (Å²) in [5, 5.41) is 0. The van der Waals surface area contributed by atoms with E-state index in [1.807, 2.05) is 0 Å². The molecule has 4 aliphatic heterocycles. The Labute approximate surface area is 81.1 Å². The van der Waals surface area contributed by atoms with Gasteiger partial charge in [0.15, 0.2) is 0 Å². The molecule has 4 heterocycles. The van der Waals surface area contributed by atoms with Crippen LogP contribution in [0.2, 0.25) is 0 Å². The first-order valence-electron chi connectivity index (χ1n) is 4.49. The summed E-state index contributed by atoms with van der Waals surface area (Å²) in [5.41, 5.74) is 0. The number of hydrogen-bond donors (Lipinski definition) is 0. The number of fused-ring (bicyclic) bond motifs is 2. The van der Waals surface area contributed by atoms with Crippen LogP contribution in [0.1, 0.15) is 12.8 Å². The first-order valence-corrected chi connectivity index (χ1v) is 5.82. The molecule has 4 saturated heterocycles. The zero-order chi connectivity index (χ0) is 9.97. The number of hydrogen-bond acceptors (Lipinski definition) is 6. The number of carbonyl (C=O) groups excluding carboxylic acids is 1. The molecule has 6 nitrogen and oxygen atoms in total. The highest BCUT2D eigenvalue weighted by atomic mass is 32.3. The van der Waals surface area contributed by atoms with E-state index in [0.29, 0.717) is 13.1 Å². The largest absolute Gasteiger partial charge is 0.408 e. The van der Waals surface area contributed by atoms with Crippen LogP contribution in [0.25, 0.3) is 0 Å². The van der Waals surface area contributed by atoms with E-state index in [0.717, 1.165) is 12.8 Å². The van der Waals surface area contributed by atoms with Gasteiger partial charge in [0.2, 0.25) is 5.78 Å². The van der Waals surface area contributed by atoms with Crippen molar-refractivity contribution in [3.8, 4) is 0 Å².